The topological polar surface area (TPSA) is 49.6 Å². The zero-order chi connectivity index (χ0) is 11.5. The van der Waals surface area contributed by atoms with E-state index in [-0.39, 0.29) is 18.4 Å². The van der Waals surface area contributed by atoms with Crippen LogP contribution in [-0.2, 0) is 4.79 Å². The van der Waals surface area contributed by atoms with Gasteiger partial charge in [-0.15, -0.1) is 12.4 Å². The SMILES string of the molecule is CC1CCCCN1C(=O)CN1CCC(N)C1.Cl. The molecule has 1 amide bonds. The van der Waals surface area contributed by atoms with Gasteiger partial charge in [-0.2, -0.15) is 0 Å². The third kappa shape index (κ3) is 3.83. The van der Waals surface area contributed by atoms with Crippen molar-refractivity contribution in [1.82, 2.24) is 9.80 Å². The first-order valence-corrected chi connectivity index (χ1v) is 6.44. The second kappa shape index (κ2) is 6.57. The van der Waals surface area contributed by atoms with Crippen LogP contribution in [0.15, 0.2) is 0 Å². The highest BCUT2D eigenvalue weighted by molar-refractivity contribution is 5.85. The van der Waals surface area contributed by atoms with Gasteiger partial charge in [-0.1, -0.05) is 0 Å². The smallest absolute Gasteiger partial charge is 0.236 e. The third-order valence-corrected chi connectivity index (χ3v) is 3.79. The molecular weight excluding hydrogens is 238 g/mol. The summed E-state index contributed by atoms with van der Waals surface area (Å²) >= 11 is 0. The number of piperidine rings is 1. The molecule has 2 heterocycles. The molecule has 2 aliphatic heterocycles. The van der Waals surface area contributed by atoms with E-state index >= 15 is 0 Å². The van der Waals surface area contributed by atoms with Crippen molar-refractivity contribution in [1.29, 1.82) is 0 Å². The fourth-order valence-corrected chi connectivity index (χ4v) is 2.76. The van der Waals surface area contributed by atoms with Crippen molar-refractivity contribution in [2.75, 3.05) is 26.2 Å². The molecule has 17 heavy (non-hydrogen) atoms. The Morgan fingerprint density at radius 2 is 2.06 bits per heavy atom. The molecule has 0 saturated carbocycles. The summed E-state index contributed by atoms with van der Waals surface area (Å²) in [6.07, 6.45) is 4.61. The van der Waals surface area contributed by atoms with Crippen LogP contribution in [-0.4, -0.2) is 54.0 Å². The van der Waals surface area contributed by atoms with E-state index in [1.165, 1.54) is 6.42 Å². The third-order valence-electron chi connectivity index (χ3n) is 3.79. The summed E-state index contributed by atoms with van der Waals surface area (Å²) in [6, 6.07) is 0.698. The monoisotopic (exact) mass is 261 g/mol. The number of carbonyl (C=O) groups excluding carboxylic acids is 1. The lowest BCUT2D eigenvalue weighted by Crippen LogP contribution is -2.46. The number of hydrogen-bond acceptors (Lipinski definition) is 3. The van der Waals surface area contributed by atoms with Crippen molar-refractivity contribution >= 4 is 18.3 Å². The summed E-state index contributed by atoms with van der Waals surface area (Å²) in [6.45, 7) is 5.54. The molecule has 0 bridgehead atoms. The van der Waals surface area contributed by atoms with E-state index in [0.717, 1.165) is 38.9 Å². The minimum Gasteiger partial charge on any atom is -0.339 e. The predicted molar refractivity (Wildman–Crippen MR) is 71.3 cm³/mol. The van der Waals surface area contributed by atoms with Crippen molar-refractivity contribution in [2.24, 2.45) is 5.73 Å². The quantitative estimate of drug-likeness (QED) is 0.802. The molecule has 2 rings (SSSR count). The van der Waals surface area contributed by atoms with Gasteiger partial charge in [-0.3, -0.25) is 9.69 Å². The van der Waals surface area contributed by atoms with Crippen molar-refractivity contribution < 1.29 is 4.79 Å². The largest absolute Gasteiger partial charge is 0.339 e. The van der Waals surface area contributed by atoms with E-state index in [1.54, 1.807) is 0 Å². The minimum absolute atomic E-state index is 0. The van der Waals surface area contributed by atoms with Gasteiger partial charge in [0.05, 0.1) is 6.54 Å². The van der Waals surface area contributed by atoms with Gasteiger partial charge in [0.2, 0.25) is 5.91 Å². The molecule has 2 aliphatic rings. The molecule has 100 valence electrons. The maximum atomic E-state index is 12.1. The number of hydrogen-bond donors (Lipinski definition) is 1. The van der Waals surface area contributed by atoms with Crippen molar-refractivity contribution in [3.63, 3.8) is 0 Å². The molecule has 2 saturated heterocycles. The van der Waals surface area contributed by atoms with Gasteiger partial charge in [0, 0.05) is 31.7 Å². The van der Waals surface area contributed by atoms with Gasteiger partial charge in [0.25, 0.3) is 0 Å². The number of rotatable bonds is 2. The molecule has 0 aromatic carbocycles. The van der Waals surface area contributed by atoms with Gasteiger partial charge in [0.15, 0.2) is 0 Å². The van der Waals surface area contributed by atoms with Crippen LogP contribution in [0.25, 0.3) is 0 Å². The molecule has 0 aromatic heterocycles. The molecular formula is C12H24ClN3O. The molecule has 0 aromatic rings. The molecule has 0 aliphatic carbocycles. The average molecular weight is 262 g/mol. The first kappa shape index (κ1) is 14.7. The van der Waals surface area contributed by atoms with Crippen LogP contribution in [0.5, 0.6) is 0 Å². The molecule has 0 spiro atoms. The summed E-state index contributed by atoms with van der Waals surface area (Å²) in [7, 11) is 0. The Morgan fingerprint density at radius 3 is 2.65 bits per heavy atom. The molecule has 2 atom stereocenters. The van der Waals surface area contributed by atoms with Crippen LogP contribution in [0, 0.1) is 0 Å². The Kier molecular flexibility index (Phi) is 5.70. The number of nitrogens with two attached hydrogens (primary N) is 1. The second-order valence-corrected chi connectivity index (χ2v) is 5.22. The van der Waals surface area contributed by atoms with Gasteiger partial charge in [-0.25, -0.2) is 0 Å². The lowest BCUT2D eigenvalue weighted by atomic mass is 10.0. The van der Waals surface area contributed by atoms with Crippen LogP contribution in [0.2, 0.25) is 0 Å². The maximum absolute atomic E-state index is 12.1. The van der Waals surface area contributed by atoms with Crippen LogP contribution in [0.4, 0.5) is 0 Å². The van der Waals surface area contributed by atoms with Gasteiger partial charge in [0.1, 0.15) is 0 Å². The van der Waals surface area contributed by atoms with Crippen molar-refractivity contribution in [2.45, 2.75) is 44.7 Å². The Hall–Kier alpha value is -0.320. The molecule has 2 unspecified atom stereocenters. The van der Waals surface area contributed by atoms with E-state index < -0.39 is 0 Å². The zero-order valence-electron chi connectivity index (χ0n) is 10.6. The zero-order valence-corrected chi connectivity index (χ0v) is 11.4. The number of nitrogens with zero attached hydrogens (tertiary/aromatic N) is 2. The second-order valence-electron chi connectivity index (χ2n) is 5.22. The maximum Gasteiger partial charge on any atom is 0.236 e. The highest BCUT2D eigenvalue weighted by atomic mass is 35.5. The number of likely N-dealkylation sites (tertiary alicyclic amines) is 2. The molecule has 2 N–H and O–H groups in total. The lowest BCUT2D eigenvalue weighted by Gasteiger charge is -2.34. The van der Waals surface area contributed by atoms with Gasteiger partial charge >= 0.3 is 0 Å². The van der Waals surface area contributed by atoms with Crippen LogP contribution in [0.3, 0.4) is 0 Å². The summed E-state index contributed by atoms with van der Waals surface area (Å²) in [4.78, 5) is 16.4. The molecule has 0 radical (unpaired) electrons. The summed E-state index contributed by atoms with van der Waals surface area (Å²) in [5, 5.41) is 0. The first-order valence-electron chi connectivity index (χ1n) is 6.44. The Labute approximate surface area is 110 Å². The van der Waals surface area contributed by atoms with E-state index in [9.17, 15) is 4.79 Å². The fraction of sp³-hybridized carbons (Fsp3) is 0.917. The normalized spacial score (nSPS) is 30.1. The Balaban J connectivity index is 0.00000144. The van der Waals surface area contributed by atoms with Crippen molar-refractivity contribution in [3.05, 3.63) is 0 Å². The van der Waals surface area contributed by atoms with E-state index in [0.29, 0.717) is 18.5 Å². The molecule has 5 heteroatoms. The van der Waals surface area contributed by atoms with E-state index in [2.05, 4.69) is 11.8 Å². The molecule has 4 nitrogen and oxygen atoms in total. The predicted octanol–water partition coefficient (Wildman–Crippen LogP) is 0.842. The summed E-state index contributed by atoms with van der Waals surface area (Å²) < 4.78 is 0. The Morgan fingerprint density at radius 1 is 1.29 bits per heavy atom. The van der Waals surface area contributed by atoms with Crippen LogP contribution < -0.4 is 5.73 Å². The number of amides is 1. The summed E-state index contributed by atoms with van der Waals surface area (Å²) in [5.74, 6) is 0.293. The van der Waals surface area contributed by atoms with Gasteiger partial charge < -0.3 is 10.6 Å². The minimum atomic E-state index is 0. The lowest BCUT2D eigenvalue weighted by molar-refractivity contribution is -0.135. The van der Waals surface area contributed by atoms with Gasteiger partial charge in [-0.05, 0) is 32.6 Å². The Bertz CT molecular complexity index is 262. The van der Waals surface area contributed by atoms with Crippen molar-refractivity contribution in [3.8, 4) is 0 Å². The fourth-order valence-electron chi connectivity index (χ4n) is 2.76. The van der Waals surface area contributed by atoms with Crippen LogP contribution >= 0.6 is 12.4 Å². The van der Waals surface area contributed by atoms with E-state index in [1.807, 2.05) is 4.90 Å². The standard InChI is InChI=1S/C12H23N3O.ClH/c1-10-4-2-3-6-15(10)12(16)9-14-7-5-11(13)8-14;/h10-11H,2-9,13H2,1H3;1H. The summed E-state index contributed by atoms with van der Waals surface area (Å²) in [5.41, 5.74) is 5.84. The first-order chi connectivity index (χ1) is 7.66. The number of halogens is 1. The highest BCUT2D eigenvalue weighted by Crippen LogP contribution is 2.17. The number of carbonyl (C=O) groups is 1. The highest BCUT2D eigenvalue weighted by Gasteiger charge is 2.27. The van der Waals surface area contributed by atoms with Crippen LogP contribution in [0.1, 0.15) is 32.6 Å². The molecule has 2 fully saturated rings. The van der Waals surface area contributed by atoms with E-state index in [4.69, 9.17) is 5.73 Å². The average Bonchev–Trinajstić information content (AvgIpc) is 2.64.